The van der Waals surface area contributed by atoms with E-state index in [2.05, 4.69) is 24.8 Å². The molecular formula is C23H25N7O2. The van der Waals surface area contributed by atoms with E-state index in [0.717, 1.165) is 29.6 Å². The Labute approximate surface area is 185 Å². The number of nitrogens with two attached hydrogens (primary N) is 1. The number of nitrogens with zero attached hydrogens (tertiary/aromatic N) is 5. The molecule has 0 spiro atoms. The number of nitrogens with one attached hydrogen (secondary N) is 1. The number of fused-ring (bicyclic) bond motifs is 1. The summed E-state index contributed by atoms with van der Waals surface area (Å²) in [6, 6.07) is 5.96. The van der Waals surface area contributed by atoms with Gasteiger partial charge in [0.2, 0.25) is 11.8 Å². The maximum Gasteiger partial charge on any atom is 0.241 e. The van der Waals surface area contributed by atoms with Crippen molar-refractivity contribution in [2.24, 2.45) is 16.6 Å². The highest BCUT2D eigenvalue weighted by Gasteiger charge is 2.31. The van der Waals surface area contributed by atoms with E-state index in [1.54, 1.807) is 18.6 Å². The standard InChI is InChI=1S/C23H25N7O2/c1-14(15-8-21(31)27-11-15)32-23-22-20(28-13-30(22)18-2-3-18)9-19(29-23)16(10-24)12-26-17-4-6-25-7-5-17/h4-7,9-10,12-15,18H,2-3,8,11,24H2,1H3,(H,27,31)/t14-,15-/m1/s1. The third-order valence-electron chi connectivity index (χ3n) is 5.92. The normalized spacial score (nSPS) is 20.1. The van der Waals surface area contributed by atoms with Gasteiger partial charge in [0, 0.05) is 55.3 Å². The Balaban J connectivity index is 1.51. The number of pyridine rings is 2. The molecule has 0 bridgehead atoms. The molecule has 1 aliphatic carbocycles. The third-order valence-corrected chi connectivity index (χ3v) is 5.92. The van der Waals surface area contributed by atoms with E-state index in [4.69, 9.17) is 15.5 Å². The molecule has 0 unspecified atom stereocenters. The number of carbonyl (C=O) groups is 1. The van der Waals surface area contributed by atoms with Crippen LogP contribution in [0.25, 0.3) is 16.6 Å². The molecule has 1 amide bonds. The summed E-state index contributed by atoms with van der Waals surface area (Å²) in [5.74, 6) is 0.657. The molecule has 0 aromatic carbocycles. The van der Waals surface area contributed by atoms with Gasteiger partial charge in [-0.3, -0.25) is 14.8 Å². The summed E-state index contributed by atoms with van der Waals surface area (Å²) in [6.07, 6.45) is 10.9. The predicted octanol–water partition coefficient (Wildman–Crippen LogP) is 2.77. The largest absolute Gasteiger partial charge is 0.473 e. The summed E-state index contributed by atoms with van der Waals surface area (Å²) in [5.41, 5.74) is 9.64. The van der Waals surface area contributed by atoms with Crippen molar-refractivity contribution >= 4 is 34.4 Å². The van der Waals surface area contributed by atoms with Crippen molar-refractivity contribution in [3.8, 4) is 5.88 Å². The van der Waals surface area contributed by atoms with Crippen molar-refractivity contribution in [3.63, 3.8) is 0 Å². The monoisotopic (exact) mass is 431 g/mol. The van der Waals surface area contributed by atoms with Crippen LogP contribution in [0.15, 0.2) is 48.1 Å². The zero-order valence-corrected chi connectivity index (χ0v) is 17.8. The molecule has 1 saturated carbocycles. The van der Waals surface area contributed by atoms with Gasteiger partial charge in [0.25, 0.3) is 0 Å². The fourth-order valence-corrected chi connectivity index (χ4v) is 3.89. The van der Waals surface area contributed by atoms with Gasteiger partial charge in [0.1, 0.15) is 11.6 Å². The number of imidazole rings is 1. The molecule has 2 aliphatic rings. The van der Waals surface area contributed by atoms with E-state index >= 15 is 0 Å². The second kappa shape index (κ2) is 8.41. The minimum Gasteiger partial charge on any atom is -0.473 e. The number of amides is 1. The lowest BCUT2D eigenvalue weighted by molar-refractivity contribution is -0.119. The molecule has 3 aromatic heterocycles. The maximum absolute atomic E-state index is 11.7. The Morgan fingerprint density at radius 2 is 2.19 bits per heavy atom. The van der Waals surface area contributed by atoms with Crippen molar-refractivity contribution in [2.75, 3.05) is 6.54 Å². The molecule has 0 radical (unpaired) electrons. The van der Waals surface area contributed by atoms with Crippen molar-refractivity contribution in [1.82, 2.24) is 24.8 Å². The fourth-order valence-electron chi connectivity index (χ4n) is 3.89. The Morgan fingerprint density at radius 1 is 1.38 bits per heavy atom. The molecule has 4 heterocycles. The number of hydrogen-bond donors (Lipinski definition) is 2. The van der Waals surface area contributed by atoms with Crippen molar-refractivity contribution in [1.29, 1.82) is 0 Å². The predicted molar refractivity (Wildman–Crippen MR) is 122 cm³/mol. The molecule has 2 atom stereocenters. The second-order valence-corrected chi connectivity index (χ2v) is 8.24. The molecule has 9 heteroatoms. The maximum atomic E-state index is 11.7. The van der Waals surface area contributed by atoms with E-state index in [1.807, 2.05) is 31.5 Å². The van der Waals surface area contributed by atoms with Gasteiger partial charge in [-0.1, -0.05) is 0 Å². The highest BCUT2D eigenvalue weighted by molar-refractivity contribution is 6.10. The fraction of sp³-hybridized carbons (Fsp3) is 0.348. The first-order chi connectivity index (χ1) is 15.6. The number of aromatic nitrogens is 4. The molecule has 32 heavy (non-hydrogen) atoms. The molecule has 1 saturated heterocycles. The molecule has 9 nitrogen and oxygen atoms in total. The molecule has 164 valence electrons. The summed E-state index contributed by atoms with van der Waals surface area (Å²) in [7, 11) is 0. The van der Waals surface area contributed by atoms with Crippen LogP contribution in [0, 0.1) is 5.92 Å². The number of carbonyl (C=O) groups excluding carboxylic acids is 1. The summed E-state index contributed by atoms with van der Waals surface area (Å²) < 4.78 is 8.49. The number of hydrogen-bond acceptors (Lipinski definition) is 7. The van der Waals surface area contributed by atoms with Gasteiger partial charge in [-0.2, -0.15) is 0 Å². The molecule has 1 aliphatic heterocycles. The Hall–Kier alpha value is -3.75. The lowest BCUT2D eigenvalue weighted by Crippen LogP contribution is -2.26. The molecule has 3 aromatic rings. The van der Waals surface area contributed by atoms with Crippen LogP contribution >= 0.6 is 0 Å². The van der Waals surface area contributed by atoms with E-state index < -0.39 is 0 Å². The van der Waals surface area contributed by atoms with Gasteiger partial charge in [0.15, 0.2) is 0 Å². The zero-order valence-electron chi connectivity index (χ0n) is 17.8. The average molecular weight is 432 g/mol. The van der Waals surface area contributed by atoms with Crippen LogP contribution in [-0.2, 0) is 4.79 Å². The van der Waals surface area contributed by atoms with E-state index in [-0.39, 0.29) is 17.9 Å². The quantitative estimate of drug-likeness (QED) is 0.555. The zero-order chi connectivity index (χ0) is 22.1. The van der Waals surface area contributed by atoms with Gasteiger partial charge < -0.3 is 20.4 Å². The van der Waals surface area contributed by atoms with Gasteiger partial charge in [0.05, 0.1) is 23.2 Å². The topological polar surface area (TPSA) is 120 Å². The molecule has 5 rings (SSSR count). The first-order valence-electron chi connectivity index (χ1n) is 10.8. The lowest BCUT2D eigenvalue weighted by atomic mass is 10.0. The van der Waals surface area contributed by atoms with Crippen LogP contribution in [0.2, 0.25) is 0 Å². The van der Waals surface area contributed by atoms with Crippen LogP contribution in [0.4, 0.5) is 5.69 Å². The van der Waals surface area contributed by atoms with Crippen LogP contribution in [-0.4, -0.2) is 44.3 Å². The van der Waals surface area contributed by atoms with Crippen LogP contribution in [0.5, 0.6) is 5.88 Å². The van der Waals surface area contributed by atoms with Crippen molar-refractivity contribution in [2.45, 2.75) is 38.3 Å². The van der Waals surface area contributed by atoms with Crippen LogP contribution in [0.1, 0.15) is 37.9 Å². The third kappa shape index (κ3) is 4.05. The van der Waals surface area contributed by atoms with Gasteiger partial charge in [-0.15, -0.1) is 0 Å². The van der Waals surface area contributed by atoms with Crippen molar-refractivity contribution in [3.05, 3.63) is 48.8 Å². The van der Waals surface area contributed by atoms with E-state index in [9.17, 15) is 4.79 Å². The summed E-state index contributed by atoms with van der Waals surface area (Å²) in [4.78, 5) is 29.6. The van der Waals surface area contributed by atoms with Crippen LogP contribution in [0.3, 0.4) is 0 Å². The molecular weight excluding hydrogens is 406 g/mol. The van der Waals surface area contributed by atoms with Crippen LogP contribution < -0.4 is 15.8 Å². The Bertz CT molecular complexity index is 1200. The average Bonchev–Trinajstić information content (AvgIpc) is 3.40. The SMILES string of the molecule is C[C@@H](Oc1nc(C(C=Nc2ccncc2)=CN)cc2ncn(C3CC3)c12)[C@H]1CNC(=O)C1. The number of aliphatic imine (C=N–C) groups is 1. The minimum atomic E-state index is -0.182. The number of rotatable bonds is 7. The summed E-state index contributed by atoms with van der Waals surface area (Å²) in [6.45, 7) is 2.59. The van der Waals surface area contributed by atoms with Crippen molar-refractivity contribution < 1.29 is 9.53 Å². The van der Waals surface area contributed by atoms with Gasteiger partial charge in [-0.25, -0.2) is 9.97 Å². The molecule has 2 fully saturated rings. The summed E-state index contributed by atoms with van der Waals surface area (Å²) >= 11 is 0. The highest BCUT2D eigenvalue weighted by atomic mass is 16.5. The van der Waals surface area contributed by atoms with Gasteiger partial charge in [-0.05, 0) is 38.0 Å². The number of allylic oxidation sites excluding steroid dienone is 1. The lowest BCUT2D eigenvalue weighted by Gasteiger charge is -2.20. The number of ether oxygens (including phenoxy) is 1. The Kier molecular flexibility index (Phi) is 5.30. The first-order valence-corrected chi connectivity index (χ1v) is 10.8. The minimum absolute atomic E-state index is 0.0565. The smallest absolute Gasteiger partial charge is 0.241 e. The summed E-state index contributed by atoms with van der Waals surface area (Å²) in [5, 5.41) is 2.87. The Morgan fingerprint density at radius 3 is 2.88 bits per heavy atom. The van der Waals surface area contributed by atoms with Gasteiger partial charge >= 0.3 is 0 Å². The first kappa shape index (κ1) is 20.2. The second-order valence-electron chi connectivity index (χ2n) is 8.24. The highest BCUT2D eigenvalue weighted by Crippen LogP contribution is 2.40. The molecule has 3 N–H and O–H groups in total. The van der Waals surface area contributed by atoms with E-state index in [1.165, 1.54) is 6.20 Å². The van der Waals surface area contributed by atoms with E-state index in [0.29, 0.717) is 36.2 Å².